The van der Waals surface area contributed by atoms with Crippen molar-refractivity contribution >= 4 is 41.2 Å². The van der Waals surface area contributed by atoms with E-state index in [9.17, 15) is 14.9 Å². The standard InChI is InChI=1S/C19H20ClN3O5/c1-19(2,3)28-18(24)22-13-7-5-12(16(11-13)23(25)26)6-8-14-15(20)9-10-21-17(14)27-4/h5-11H,1-4H3,(H,22,24)/b8-6+. The zero-order chi connectivity index (χ0) is 20.9. The first-order chi connectivity index (χ1) is 13.1. The van der Waals surface area contributed by atoms with E-state index in [4.69, 9.17) is 21.1 Å². The van der Waals surface area contributed by atoms with Crippen molar-refractivity contribution in [3.05, 3.63) is 56.7 Å². The zero-order valence-corrected chi connectivity index (χ0v) is 16.6. The van der Waals surface area contributed by atoms with Gasteiger partial charge in [-0.3, -0.25) is 15.4 Å². The van der Waals surface area contributed by atoms with Crippen LogP contribution in [-0.2, 0) is 4.74 Å². The number of nitro groups is 1. The van der Waals surface area contributed by atoms with Crippen molar-refractivity contribution in [1.82, 2.24) is 4.98 Å². The molecule has 8 nitrogen and oxygen atoms in total. The van der Waals surface area contributed by atoms with Gasteiger partial charge in [-0.1, -0.05) is 11.6 Å². The van der Waals surface area contributed by atoms with Crippen LogP contribution in [-0.4, -0.2) is 28.7 Å². The summed E-state index contributed by atoms with van der Waals surface area (Å²) in [5, 5.41) is 14.3. The van der Waals surface area contributed by atoms with E-state index in [-0.39, 0.29) is 11.4 Å². The number of nitrogens with one attached hydrogen (secondary N) is 1. The number of hydrogen-bond acceptors (Lipinski definition) is 6. The van der Waals surface area contributed by atoms with Crippen LogP contribution >= 0.6 is 11.6 Å². The molecule has 0 fully saturated rings. The Hall–Kier alpha value is -3.13. The van der Waals surface area contributed by atoms with Crippen molar-refractivity contribution in [2.45, 2.75) is 26.4 Å². The van der Waals surface area contributed by atoms with Crippen LogP contribution in [0.1, 0.15) is 31.9 Å². The van der Waals surface area contributed by atoms with Gasteiger partial charge in [0, 0.05) is 12.3 Å². The van der Waals surface area contributed by atoms with E-state index in [1.807, 2.05) is 0 Å². The summed E-state index contributed by atoms with van der Waals surface area (Å²) in [4.78, 5) is 26.8. The van der Waals surface area contributed by atoms with Crippen molar-refractivity contribution < 1.29 is 19.2 Å². The van der Waals surface area contributed by atoms with Gasteiger partial charge in [0.15, 0.2) is 0 Å². The normalized spacial score (nSPS) is 11.3. The van der Waals surface area contributed by atoms with Crippen LogP contribution in [0.25, 0.3) is 12.2 Å². The molecule has 1 amide bonds. The molecule has 148 valence electrons. The fourth-order valence-electron chi connectivity index (χ4n) is 2.26. The molecule has 9 heteroatoms. The Balaban J connectivity index is 2.31. The molecule has 2 rings (SSSR count). The Bertz CT molecular complexity index is 922. The molecule has 1 aromatic carbocycles. The molecule has 0 spiro atoms. The predicted octanol–water partition coefficient (Wildman–Crippen LogP) is 5.17. The number of nitro benzene ring substituents is 1. The second-order valence-corrected chi connectivity index (χ2v) is 7.11. The fraction of sp³-hybridized carbons (Fsp3) is 0.263. The summed E-state index contributed by atoms with van der Waals surface area (Å²) >= 11 is 6.15. The first kappa shape index (κ1) is 21.2. The minimum absolute atomic E-state index is 0.191. The quantitative estimate of drug-likeness (QED) is 0.543. The van der Waals surface area contributed by atoms with E-state index in [1.54, 1.807) is 39.0 Å². The van der Waals surface area contributed by atoms with Gasteiger partial charge in [0.05, 0.1) is 33.9 Å². The minimum Gasteiger partial charge on any atom is -0.481 e. The highest BCUT2D eigenvalue weighted by atomic mass is 35.5. The molecule has 2 aromatic rings. The number of carbonyl (C=O) groups excluding carboxylic acids is 1. The molecule has 0 bridgehead atoms. The second-order valence-electron chi connectivity index (χ2n) is 6.71. The molecule has 0 saturated carbocycles. The summed E-state index contributed by atoms with van der Waals surface area (Å²) in [6.07, 6.45) is 3.91. The van der Waals surface area contributed by atoms with E-state index in [0.29, 0.717) is 22.0 Å². The summed E-state index contributed by atoms with van der Waals surface area (Å²) in [6.45, 7) is 5.17. The number of rotatable bonds is 5. The van der Waals surface area contributed by atoms with Crippen LogP contribution in [0.2, 0.25) is 5.02 Å². The SMILES string of the molecule is COc1nccc(Cl)c1/C=C/c1ccc(NC(=O)OC(C)(C)C)cc1[N+](=O)[O-]. The molecule has 0 atom stereocenters. The van der Waals surface area contributed by atoms with Crippen LogP contribution in [0.4, 0.5) is 16.2 Å². The third-order valence-electron chi connectivity index (χ3n) is 3.40. The average molecular weight is 406 g/mol. The van der Waals surface area contributed by atoms with Gasteiger partial charge in [0.1, 0.15) is 5.60 Å². The van der Waals surface area contributed by atoms with Crippen molar-refractivity contribution in [2.24, 2.45) is 0 Å². The number of halogens is 1. The number of ether oxygens (including phenoxy) is 2. The molecule has 0 saturated heterocycles. The van der Waals surface area contributed by atoms with Crippen molar-refractivity contribution in [3.63, 3.8) is 0 Å². The van der Waals surface area contributed by atoms with Crippen LogP contribution < -0.4 is 10.1 Å². The lowest BCUT2D eigenvalue weighted by Crippen LogP contribution is -2.27. The van der Waals surface area contributed by atoms with E-state index in [0.717, 1.165) is 0 Å². The monoisotopic (exact) mass is 405 g/mol. The molecular weight excluding hydrogens is 386 g/mol. The van der Waals surface area contributed by atoms with Crippen LogP contribution in [0, 0.1) is 10.1 Å². The molecule has 1 N–H and O–H groups in total. The van der Waals surface area contributed by atoms with Crippen LogP contribution in [0.3, 0.4) is 0 Å². The van der Waals surface area contributed by atoms with Gasteiger partial charge < -0.3 is 9.47 Å². The molecule has 0 aliphatic carbocycles. The highest BCUT2D eigenvalue weighted by molar-refractivity contribution is 6.32. The Morgan fingerprint density at radius 2 is 2.00 bits per heavy atom. The van der Waals surface area contributed by atoms with Crippen molar-refractivity contribution in [1.29, 1.82) is 0 Å². The lowest BCUT2D eigenvalue weighted by atomic mass is 10.1. The third kappa shape index (κ3) is 5.68. The van der Waals surface area contributed by atoms with Crippen LogP contribution in [0.15, 0.2) is 30.5 Å². The highest BCUT2D eigenvalue weighted by Crippen LogP contribution is 2.29. The number of methoxy groups -OCH3 is 1. The van der Waals surface area contributed by atoms with Gasteiger partial charge >= 0.3 is 6.09 Å². The summed E-state index contributed by atoms with van der Waals surface area (Å²) in [5.41, 5.74) is 0.193. The summed E-state index contributed by atoms with van der Waals surface area (Å²) < 4.78 is 10.3. The second kappa shape index (κ2) is 8.71. The van der Waals surface area contributed by atoms with Gasteiger partial charge in [-0.2, -0.15) is 0 Å². The Kier molecular flexibility index (Phi) is 6.58. The molecule has 1 aromatic heterocycles. The lowest BCUT2D eigenvalue weighted by molar-refractivity contribution is -0.385. The van der Waals surface area contributed by atoms with Gasteiger partial charge in [-0.05, 0) is 51.1 Å². The number of amides is 1. The summed E-state index contributed by atoms with van der Waals surface area (Å²) in [7, 11) is 1.45. The average Bonchev–Trinajstić information content (AvgIpc) is 2.59. The smallest absolute Gasteiger partial charge is 0.412 e. The maximum atomic E-state index is 11.9. The van der Waals surface area contributed by atoms with E-state index >= 15 is 0 Å². The van der Waals surface area contributed by atoms with Gasteiger partial charge in [0.25, 0.3) is 5.69 Å². The molecule has 0 unspecified atom stereocenters. The number of benzene rings is 1. The number of anilines is 1. The number of carbonyl (C=O) groups is 1. The zero-order valence-electron chi connectivity index (χ0n) is 15.9. The Labute approximate surface area is 167 Å². The first-order valence-electron chi connectivity index (χ1n) is 8.26. The molecule has 0 aliphatic rings. The molecular formula is C19H20ClN3O5. The Morgan fingerprint density at radius 1 is 1.29 bits per heavy atom. The molecule has 1 heterocycles. The van der Waals surface area contributed by atoms with Crippen molar-refractivity contribution in [3.8, 4) is 5.88 Å². The lowest BCUT2D eigenvalue weighted by Gasteiger charge is -2.19. The maximum Gasteiger partial charge on any atom is 0.412 e. The van der Waals surface area contributed by atoms with Gasteiger partial charge in [-0.25, -0.2) is 9.78 Å². The van der Waals surface area contributed by atoms with E-state index in [2.05, 4.69) is 10.3 Å². The first-order valence-corrected chi connectivity index (χ1v) is 8.63. The van der Waals surface area contributed by atoms with Crippen molar-refractivity contribution in [2.75, 3.05) is 12.4 Å². The van der Waals surface area contributed by atoms with Crippen LogP contribution in [0.5, 0.6) is 5.88 Å². The van der Waals surface area contributed by atoms with E-state index < -0.39 is 16.6 Å². The Morgan fingerprint density at radius 3 is 2.61 bits per heavy atom. The number of nitrogens with zero attached hydrogens (tertiary/aromatic N) is 2. The number of hydrogen-bond donors (Lipinski definition) is 1. The molecule has 0 radical (unpaired) electrons. The largest absolute Gasteiger partial charge is 0.481 e. The minimum atomic E-state index is -0.697. The maximum absolute atomic E-state index is 11.9. The molecule has 28 heavy (non-hydrogen) atoms. The summed E-state index contributed by atoms with van der Waals surface area (Å²) in [6, 6.07) is 5.90. The topological polar surface area (TPSA) is 104 Å². The summed E-state index contributed by atoms with van der Waals surface area (Å²) in [5.74, 6) is 0.301. The van der Waals surface area contributed by atoms with E-state index in [1.165, 1.54) is 31.5 Å². The van der Waals surface area contributed by atoms with Gasteiger partial charge in [-0.15, -0.1) is 0 Å². The predicted molar refractivity (Wildman–Crippen MR) is 108 cm³/mol. The van der Waals surface area contributed by atoms with Gasteiger partial charge in [0.2, 0.25) is 5.88 Å². The highest BCUT2D eigenvalue weighted by Gasteiger charge is 2.18. The number of pyridine rings is 1. The molecule has 0 aliphatic heterocycles. The third-order valence-corrected chi connectivity index (χ3v) is 3.73. The number of aromatic nitrogens is 1. The fourth-order valence-corrected chi connectivity index (χ4v) is 2.46.